The van der Waals surface area contributed by atoms with Crippen LogP contribution in [-0.4, -0.2) is 46.7 Å². The molecule has 2 N–H and O–H groups in total. The van der Waals surface area contributed by atoms with Crippen LogP contribution in [0.25, 0.3) is 0 Å². The van der Waals surface area contributed by atoms with Gasteiger partial charge in [-0.25, -0.2) is 0 Å². The summed E-state index contributed by atoms with van der Waals surface area (Å²) in [6, 6.07) is 2.50. The number of aromatic amines is 1. The van der Waals surface area contributed by atoms with Crippen LogP contribution >= 0.6 is 0 Å². The molecule has 20 heavy (non-hydrogen) atoms. The van der Waals surface area contributed by atoms with Crippen molar-refractivity contribution in [1.82, 2.24) is 20.4 Å². The minimum absolute atomic E-state index is 0.205. The Morgan fingerprint density at radius 3 is 2.70 bits per heavy atom. The van der Waals surface area contributed by atoms with Gasteiger partial charge in [-0.1, -0.05) is 12.8 Å². The minimum atomic E-state index is 0.205. The van der Waals surface area contributed by atoms with Gasteiger partial charge in [0.25, 0.3) is 0 Å². The van der Waals surface area contributed by atoms with Crippen molar-refractivity contribution < 1.29 is 4.79 Å². The van der Waals surface area contributed by atoms with E-state index in [0.717, 1.165) is 38.8 Å². The van der Waals surface area contributed by atoms with Gasteiger partial charge in [-0.2, -0.15) is 5.10 Å². The van der Waals surface area contributed by atoms with E-state index in [0.29, 0.717) is 18.5 Å². The Bertz CT molecular complexity index is 417. The van der Waals surface area contributed by atoms with Crippen molar-refractivity contribution in [2.75, 3.05) is 19.6 Å². The zero-order chi connectivity index (χ0) is 13.8. The summed E-state index contributed by atoms with van der Waals surface area (Å²) in [6.45, 7) is 2.57. The van der Waals surface area contributed by atoms with Gasteiger partial charge in [0, 0.05) is 23.9 Å². The molecule has 0 aromatic carbocycles. The van der Waals surface area contributed by atoms with Crippen molar-refractivity contribution in [3.05, 3.63) is 18.0 Å². The number of aromatic nitrogens is 2. The van der Waals surface area contributed by atoms with E-state index in [1.54, 1.807) is 0 Å². The van der Waals surface area contributed by atoms with Crippen LogP contribution in [0.15, 0.2) is 12.3 Å². The summed E-state index contributed by atoms with van der Waals surface area (Å²) in [5.41, 5.74) is 1.24. The topological polar surface area (TPSA) is 61.0 Å². The smallest absolute Gasteiger partial charge is 0.234 e. The Labute approximate surface area is 120 Å². The number of hydrogen-bond donors (Lipinski definition) is 2. The molecule has 2 aliphatic rings. The lowest BCUT2D eigenvalue weighted by Gasteiger charge is -2.31. The lowest BCUT2D eigenvalue weighted by Crippen LogP contribution is -2.43. The fraction of sp³-hybridized carbons (Fsp3) is 0.733. The number of H-pyrrole nitrogens is 1. The minimum Gasteiger partial charge on any atom is -0.352 e. The molecule has 1 saturated carbocycles. The molecule has 0 bridgehead atoms. The summed E-state index contributed by atoms with van der Waals surface area (Å²) in [7, 11) is 0. The van der Waals surface area contributed by atoms with Crippen LogP contribution in [0.4, 0.5) is 0 Å². The molecule has 0 unspecified atom stereocenters. The molecule has 1 amide bonds. The third-order valence-corrected chi connectivity index (χ3v) is 4.64. The summed E-state index contributed by atoms with van der Waals surface area (Å²) in [6.07, 6.45) is 8.89. The van der Waals surface area contributed by atoms with Gasteiger partial charge in [0.05, 0.1) is 6.54 Å². The largest absolute Gasteiger partial charge is 0.352 e. The van der Waals surface area contributed by atoms with Gasteiger partial charge in [0.2, 0.25) is 5.91 Å². The summed E-state index contributed by atoms with van der Waals surface area (Å²) < 4.78 is 0. The molecular formula is C15H24N4O. The molecule has 1 aliphatic heterocycles. The molecule has 1 aromatic rings. The summed E-state index contributed by atoms with van der Waals surface area (Å²) in [4.78, 5) is 14.3. The molecule has 0 spiro atoms. The predicted molar refractivity (Wildman–Crippen MR) is 77.4 cm³/mol. The molecule has 5 nitrogen and oxygen atoms in total. The number of hydrogen-bond acceptors (Lipinski definition) is 3. The molecule has 1 aromatic heterocycles. The zero-order valence-corrected chi connectivity index (χ0v) is 12.0. The van der Waals surface area contributed by atoms with Gasteiger partial charge in [0.1, 0.15) is 0 Å². The molecule has 5 heteroatoms. The van der Waals surface area contributed by atoms with Crippen molar-refractivity contribution in [2.45, 2.75) is 50.5 Å². The van der Waals surface area contributed by atoms with Crippen molar-refractivity contribution in [3.63, 3.8) is 0 Å². The third-order valence-electron chi connectivity index (χ3n) is 4.64. The number of piperidine rings is 1. The van der Waals surface area contributed by atoms with Crippen molar-refractivity contribution >= 4 is 5.91 Å². The number of rotatable bonds is 4. The highest BCUT2D eigenvalue weighted by molar-refractivity contribution is 5.78. The molecular weight excluding hydrogens is 252 g/mol. The van der Waals surface area contributed by atoms with Crippen LogP contribution in [-0.2, 0) is 4.79 Å². The maximum atomic E-state index is 12.0. The monoisotopic (exact) mass is 276 g/mol. The number of carbonyl (C=O) groups is 1. The molecule has 110 valence electrons. The molecule has 2 fully saturated rings. The maximum absolute atomic E-state index is 12.0. The van der Waals surface area contributed by atoms with E-state index in [1.165, 1.54) is 18.5 Å². The van der Waals surface area contributed by atoms with E-state index >= 15 is 0 Å². The molecule has 3 rings (SSSR count). The Kier molecular flexibility index (Phi) is 4.35. The second kappa shape index (κ2) is 6.39. The average Bonchev–Trinajstić information content (AvgIpc) is 3.12. The second-order valence-electron chi connectivity index (χ2n) is 6.11. The number of likely N-dealkylation sites (tertiary alicyclic amines) is 1. The van der Waals surface area contributed by atoms with Gasteiger partial charge in [0.15, 0.2) is 0 Å². The van der Waals surface area contributed by atoms with Crippen LogP contribution in [0, 0.1) is 0 Å². The molecule has 2 heterocycles. The Morgan fingerprint density at radius 1 is 1.30 bits per heavy atom. The first-order valence-corrected chi connectivity index (χ1v) is 7.82. The Morgan fingerprint density at radius 2 is 2.05 bits per heavy atom. The normalized spacial score (nSPS) is 22.2. The quantitative estimate of drug-likeness (QED) is 0.879. The molecule has 1 saturated heterocycles. The van der Waals surface area contributed by atoms with Crippen LogP contribution in [0.1, 0.15) is 50.1 Å². The summed E-state index contributed by atoms with van der Waals surface area (Å²) in [5, 5.41) is 10.3. The first-order valence-electron chi connectivity index (χ1n) is 7.82. The van der Waals surface area contributed by atoms with E-state index in [4.69, 9.17) is 0 Å². The summed E-state index contributed by atoms with van der Waals surface area (Å²) in [5.74, 6) is 0.781. The van der Waals surface area contributed by atoms with Gasteiger partial charge in [-0.05, 0) is 44.8 Å². The van der Waals surface area contributed by atoms with Crippen molar-refractivity contribution in [2.24, 2.45) is 0 Å². The molecule has 1 aliphatic carbocycles. The highest BCUT2D eigenvalue weighted by atomic mass is 16.2. The van der Waals surface area contributed by atoms with Gasteiger partial charge >= 0.3 is 0 Å². The van der Waals surface area contributed by atoms with Crippen LogP contribution in [0.2, 0.25) is 0 Å². The summed E-state index contributed by atoms with van der Waals surface area (Å²) >= 11 is 0. The second-order valence-corrected chi connectivity index (χ2v) is 6.11. The van der Waals surface area contributed by atoms with E-state index in [9.17, 15) is 4.79 Å². The van der Waals surface area contributed by atoms with E-state index < -0.39 is 0 Å². The Balaban J connectivity index is 1.40. The van der Waals surface area contributed by atoms with Gasteiger partial charge in [-0.3, -0.25) is 14.8 Å². The Hall–Kier alpha value is -1.36. The average molecular weight is 276 g/mol. The van der Waals surface area contributed by atoms with Crippen molar-refractivity contribution in [3.8, 4) is 0 Å². The lowest BCUT2D eigenvalue weighted by molar-refractivity contribution is -0.123. The zero-order valence-electron chi connectivity index (χ0n) is 12.0. The van der Waals surface area contributed by atoms with Crippen LogP contribution in [0.3, 0.4) is 0 Å². The van der Waals surface area contributed by atoms with Gasteiger partial charge in [-0.15, -0.1) is 0 Å². The molecule has 0 atom stereocenters. The number of nitrogens with zero attached hydrogens (tertiary/aromatic N) is 2. The maximum Gasteiger partial charge on any atom is 0.234 e. The van der Waals surface area contributed by atoms with Crippen LogP contribution < -0.4 is 5.32 Å². The number of nitrogens with one attached hydrogen (secondary N) is 2. The number of carbonyl (C=O) groups excluding carboxylic acids is 1. The standard InChI is InChI=1S/C15H24N4O/c20-15(17-13-3-1-2-4-13)11-19-9-6-12(7-10-19)14-5-8-16-18-14/h5,8,12-13H,1-4,6-7,9-11H2,(H,16,18)(H,17,20). The highest BCUT2D eigenvalue weighted by Crippen LogP contribution is 2.26. The fourth-order valence-corrected chi connectivity index (χ4v) is 3.44. The van der Waals surface area contributed by atoms with Gasteiger partial charge < -0.3 is 5.32 Å². The third kappa shape index (κ3) is 3.39. The predicted octanol–water partition coefficient (Wildman–Crippen LogP) is 1.65. The van der Waals surface area contributed by atoms with Crippen molar-refractivity contribution in [1.29, 1.82) is 0 Å². The van der Waals surface area contributed by atoms with Crippen LogP contribution in [0.5, 0.6) is 0 Å². The van der Waals surface area contributed by atoms with E-state index in [-0.39, 0.29) is 5.91 Å². The molecule has 0 radical (unpaired) electrons. The SMILES string of the molecule is O=C(CN1CCC(c2ccn[nH]2)CC1)NC1CCCC1. The fourth-order valence-electron chi connectivity index (χ4n) is 3.44. The highest BCUT2D eigenvalue weighted by Gasteiger charge is 2.24. The van der Waals surface area contributed by atoms with E-state index in [1.807, 2.05) is 6.20 Å². The van der Waals surface area contributed by atoms with E-state index in [2.05, 4.69) is 26.5 Å². The lowest BCUT2D eigenvalue weighted by atomic mass is 9.94. The first-order chi connectivity index (χ1) is 9.81. The number of amides is 1. The first kappa shape index (κ1) is 13.6.